The summed E-state index contributed by atoms with van der Waals surface area (Å²) in [6.45, 7) is 0. The molecule has 3 N–H and O–H groups in total. The van der Waals surface area contributed by atoms with Gasteiger partial charge in [0.05, 0.1) is 18.1 Å². The molecule has 21 heavy (non-hydrogen) atoms. The van der Waals surface area contributed by atoms with Crippen molar-refractivity contribution in [3.05, 3.63) is 54.1 Å². The minimum absolute atomic E-state index is 0.0332. The van der Waals surface area contributed by atoms with E-state index in [4.69, 9.17) is 10.5 Å². The zero-order valence-corrected chi connectivity index (χ0v) is 12.6. The highest BCUT2D eigenvalue weighted by Gasteiger charge is 2.09. The summed E-state index contributed by atoms with van der Waals surface area (Å²) >= 11 is 1.64. The monoisotopic (exact) mass is 299 g/mol. The molecule has 5 heteroatoms. The largest absolute Gasteiger partial charge is 0.497 e. The maximum Gasteiger partial charge on any atom is 0.166 e. The molecule has 4 nitrogen and oxygen atoms in total. The van der Waals surface area contributed by atoms with Crippen LogP contribution in [0.1, 0.15) is 11.6 Å². The first-order valence-electron chi connectivity index (χ1n) is 6.73. The molecule has 2 aromatic carbocycles. The van der Waals surface area contributed by atoms with Crippen molar-refractivity contribution in [3.8, 4) is 5.75 Å². The molecule has 1 heterocycles. The standard InChI is InChI=1S/C16H17N3OS/c1-20-12-8-6-11(7-9-12)13(17)10-21-16-18-14-4-2-3-5-15(14)19-16/h2-9,13H,10,17H2,1H3,(H,18,19). The van der Waals surface area contributed by atoms with Gasteiger partial charge in [-0.15, -0.1) is 0 Å². The van der Waals surface area contributed by atoms with Gasteiger partial charge < -0.3 is 15.5 Å². The molecule has 0 spiro atoms. The molecule has 0 amide bonds. The Morgan fingerprint density at radius 1 is 1.19 bits per heavy atom. The number of nitrogens with zero attached hydrogens (tertiary/aromatic N) is 1. The molecule has 108 valence electrons. The first-order chi connectivity index (χ1) is 10.3. The third-order valence-electron chi connectivity index (χ3n) is 3.31. The Morgan fingerprint density at radius 3 is 2.67 bits per heavy atom. The second-order valence-corrected chi connectivity index (χ2v) is 5.76. The molecule has 0 saturated carbocycles. The van der Waals surface area contributed by atoms with Gasteiger partial charge in [0.2, 0.25) is 0 Å². The Kier molecular flexibility index (Phi) is 4.13. The van der Waals surface area contributed by atoms with Crippen LogP contribution in [0.5, 0.6) is 5.75 Å². The van der Waals surface area contributed by atoms with Gasteiger partial charge in [-0.3, -0.25) is 0 Å². The highest BCUT2D eigenvalue weighted by molar-refractivity contribution is 7.99. The number of nitrogens with one attached hydrogen (secondary N) is 1. The van der Waals surface area contributed by atoms with Crippen LogP contribution < -0.4 is 10.5 Å². The van der Waals surface area contributed by atoms with Gasteiger partial charge >= 0.3 is 0 Å². The first kappa shape index (κ1) is 14.0. The number of ether oxygens (including phenoxy) is 1. The summed E-state index contributed by atoms with van der Waals surface area (Å²) < 4.78 is 5.15. The number of benzene rings is 2. The second-order valence-electron chi connectivity index (χ2n) is 4.75. The van der Waals surface area contributed by atoms with E-state index in [0.717, 1.165) is 33.3 Å². The van der Waals surface area contributed by atoms with Crippen LogP contribution in [0, 0.1) is 0 Å². The SMILES string of the molecule is COc1ccc(C(N)CSc2nc3ccccc3[nH]2)cc1. The van der Waals surface area contributed by atoms with E-state index in [0.29, 0.717) is 0 Å². The van der Waals surface area contributed by atoms with Crippen LogP contribution in [0.25, 0.3) is 11.0 Å². The zero-order chi connectivity index (χ0) is 14.7. The van der Waals surface area contributed by atoms with Crippen LogP contribution in [0.2, 0.25) is 0 Å². The summed E-state index contributed by atoms with van der Waals surface area (Å²) in [7, 11) is 1.66. The van der Waals surface area contributed by atoms with Crippen molar-refractivity contribution in [1.82, 2.24) is 9.97 Å². The molecule has 0 aliphatic heterocycles. The Bertz CT molecular complexity index is 691. The molecule has 0 saturated heterocycles. The van der Waals surface area contributed by atoms with Gasteiger partial charge in [-0.05, 0) is 29.8 Å². The first-order valence-corrected chi connectivity index (χ1v) is 7.72. The number of fused-ring (bicyclic) bond motifs is 1. The Hall–Kier alpha value is -1.98. The smallest absolute Gasteiger partial charge is 0.166 e. The van der Waals surface area contributed by atoms with Crippen molar-refractivity contribution in [1.29, 1.82) is 0 Å². The normalized spacial score (nSPS) is 12.5. The molecule has 3 aromatic rings. The molecule has 1 unspecified atom stereocenters. The predicted molar refractivity (Wildman–Crippen MR) is 86.7 cm³/mol. The van der Waals surface area contributed by atoms with Gasteiger partial charge in [0.25, 0.3) is 0 Å². The molecule has 0 aliphatic carbocycles. The number of aromatic amines is 1. The summed E-state index contributed by atoms with van der Waals surface area (Å²) in [6.07, 6.45) is 0. The maximum absolute atomic E-state index is 6.23. The fraction of sp³-hybridized carbons (Fsp3) is 0.188. The van der Waals surface area contributed by atoms with E-state index in [9.17, 15) is 0 Å². The summed E-state index contributed by atoms with van der Waals surface area (Å²) in [5.41, 5.74) is 9.36. The Morgan fingerprint density at radius 2 is 1.95 bits per heavy atom. The molecule has 3 rings (SSSR count). The highest BCUT2D eigenvalue weighted by atomic mass is 32.2. The fourth-order valence-corrected chi connectivity index (χ4v) is 2.99. The number of rotatable bonds is 5. The van der Waals surface area contributed by atoms with Crippen molar-refractivity contribution in [2.45, 2.75) is 11.2 Å². The van der Waals surface area contributed by atoms with E-state index < -0.39 is 0 Å². The van der Waals surface area contributed by atoms with Gasteiger partial charge in [0.1, 0.15) is 5.75 Å². The number of imidazole rings is 1. The minimum Gasteiger partial charge on any atom is -0.497 e. The average molecular weight is 299 g/mol. The Balaban J connectivity index is 1.65. The van der Waals surface area contributed by atoms with Crippen LogP contribution in [0.3, 0.4) is 0 Å². The van der Waals surface area contributed by atoms with E-state index in [-0.39, 0.29) is 6.04 Å². The van der Waals surface area contributed by atoms with Crippen molar-refractivity contribution in [2.75, 3.05) is 12.9 Å². The van der Waals surface area contributed by atoms with Crippen LogP contribution in [-0.4, -0.2) is 22.8 Å². The summed E-state index contributed by atoms with van der Waals surface area (Å²) in [5.74, 6) is 1.61. The lowest BCUT2D eigenvalue weighted by Gasteiger charge is -2.11. The second kappa shape index (κ2) is 6.20. The van der Waals surface area contributed by atoms with Crippen molar-refractivity contribution in [2.24, 2.45) is 5.73 Å². The van der Waals surface area contributed by atoms with Gasteiger partial charge in [-0.1, -0.05) is 36.0 Å². The van der Waals surface area contributed by atoms with Gasteiger partial charge in [-0.2, -0.15) is 0 Å². The molecule has 1 aromatic heterocycles. The number of para-hydroxylation sites is 2. The highest BCUT2D eigenvalue weighted by Crippen LogP contribution is 2.24. The summed E-state index contributed by atoms with van der Waals surface area (Å²) in [5, 5.41) is 0.903. The van der Waals surface area contributed by atoms with E-state index >= 15 is 0 Å². The number of aromatic nitrogens is 2. The number of thioether (sulfide) groups is 1. The lowest BCUT2D eigenvalue weighted by molar-refractivity contribution is 0.414. The van der Waals surface area contributed by atoms with Gasteiger partial charge in [0, 0.05) is 11.8 Å². The number of hydrogen-bond donors (Lipinski definition) is 2. The van der Waals surface area contributed by atoms with Crippen LogP contribution in [0.15, 0.2) is 53.7 Å². The zero-order valence-electron chi connectivity index (χ0n) is 11.7. The third kappa shape index (κ3) is 3.20. The molecule has 0 bridgehead atoms. The molecule has 1 atom stereocenters. The molecule has 0 radical (unpaired) electrons. The van der Waals surface area contributed by atoms with Crippen LogP contribution in [-0.2, 0) is 0 Å². The average Bonchev–Trinajstić information content (AvgIpc) is 2.95. The molecular formula is C16H17N3OS. The van der Waals surface area contributed by atoms with Crippen molar-refractivity contribution < 1.29 is 4.74 Å². The number of nitrogens with two attached hydrogens (primary N) is 1. The van der Waals surface area contributed by atoms with Crippen molar-refractivity contribution in [3.63, 3.8) is 0 Å². The summed E-state index contributed by atoms with van der Waals surface area (Å²) in [6, 6.07) is 15.8. The minimum atomic E-state index is -0.0332. The molecule has 0 fully saturated rings. The number of H-pyrrole nitrogens is 1. The van der Waals surface area contributed by atoms with E-state index in [2.05, 4.69) is 9.97 Å². The van der Waals surface area contributed by atoms with Crippen LogP contribution >= 0.6 is 11.8 Å². The molecular weight excluding hydrogens is 282 g/mol. The molecule has 0 aliphatic rings. The van der Waals surface area contributed by atoms with E-state index in [1.807, 2.05) is 48.5 Å². The van der Waals surface area contributed by atoms with Crippen LogP contribution in [0.4, 0.5) is 0 Å². The fourth-order valence-electron chi connectivity index (χ4n) is 2.11. The summed E-state index contributed by atoms with van der Waals surface area (Å²) in [4.78, 5) is 7.83. The van der Waals surface area contributed by atoms with E-state index in [1.54, 1.807) is 18.9 Å². The number of methoxy groups -OCH3 is 1. The number of hydrogen-bond acceptors (Lipinski definition) is 4. The lowest BCUT2D eigenvalue weighted by Crippen LogP contribution is -2.12. The lowest BCUT2D eigenvalue weighted by atomic mass is 10.1. The van der Waals surface area contributed by atoms with Gasteiger partial charge in [0.15, 0.2) is 5.16 Å². The van der Waals surface area contributed by atoms with Crippen molar-refractivity contribution >= 4 is 22.8 Å². The van der Waals surface area contributed by atoms with Gasteiger partial charge in [-0.25, -0.2) is 4.98 Å². The predicted octanol–water partition coefficient (Wildman–Crippen LogP) is 3.36. The quantitative estimate of drug-likeness (QED) is 0.709. The third-order valence-corrected chi connectivity index (χ3v) is 4.30. The Labute approximate surface area is 127 Å². The van der Waals surface area contributed by atoms with E-state index in [1.165, 1.54) is 0 Å². The maximum atomic E-state index is 6.23. The topological polar surface area (TPSA) is 63.9 Å².